The average Bonchev–Trinajstić information content (AvgIpc) is 2.42. The number of benzene rings is 1. The molecule has 0 bridgehead atoms. The van der Waals surface area contributed by atoms with E-state index in [0.29, 0.717) is 0 Å². The number of nitrogens with two attached hydrogens (primary N) is 1. The minimum atomic E-state index is -4.23. The summed E-state index contributed by atoms with van der Waals surface area (Å²) >= 11 is 0. The van der Waals surface area contributed by atoms with Crippen LogP contribution >= 0.6 is 0 Å². The third-order valence-electron chi connectivity index (χ3n) is 3.67. The van der Waals surface area contributed by atoms with Gasteiger partial charge in [-0.2, -0.15) is 8.42 Å². The van der Waals surface area contributed by atoms with Gasteiger partial charge in [0.1, 0.15) is 4.90 Å². The molecule has 21 heavy (non-hydrogen) atoms. The van der Waals surface area contributed by atoms with E-state index in [0.717, 1.165) is 24.8 Å². The van der Waals surface area contributed by atoms with Gasteiger partial charge in [-0.15, -0.1) is 0 Å². The molecule has 0 aliphatic rings. The minimum absolute atomic E-state index is 0.0946. The maximum atomic E-state index is 11.2. The summed E-state index contributed by atoms with van der Waals surface area (Å²) in [4.78, 5) is -0.181. The quantitative estimate of drug-likeness (QED) is 0.385. The van der Waals surface area contributed by atoms with Crippen molar-refractivity contribution in [2.45, 2.75) is 69.6 Å². The number of aryl methyl sites for hydroxylation is 1. The predicted octanol–water partition coefficient (Wildman–Crippen LogP) is 4.20. The highest BCUT2D eigenvalue weighted by Gasteiger charge is 2.14. The molecule has 0 saturated carbocycles. The number of unbranched alkanes of at least 4 members (excludes halogenated alkanes) is 7. The van der Waals surface area contributed by atoms with Gasteiger partial charge in [0.15, 0.2) is 0 Å². The van der Waals surface area contributed by atoms with E-state index in [2.05, 4.69) is 6.92 Å². The molecule has 1 aromatic carbocycles. The first kappa shape index (κ1) is 18.0. The second-order valence-corrected chi connectivity index (χ2v) is 6.96. The lowest BCUT2D eigenvalue weighted by Gasteiger charge is -2.06. The molecule has 0 unspecified atom stereocenters. The monoisotopic (exact) mass is 313 g/mol. The van der Waals surface area contributed by atoms with Gasteiger partial charge in [0.2, 0.25) is 0 Å². The van der Waals surface area contributed by atoms with Crippen molar-refractivity contribution < 1.29 is 13.0 Å². The summed E-state index contributed by atoms with van der Waals surface area (Å²) < 4.78 is 31.5. The fourth-order valence-electron chi connectivity index (χ4n) is 2.42. The molecule has 5 heteroatoms. The van der Waals surface area contributed by atoms with Gasteiger partial charge in [0, 0.05) is 0 Å². The molecular weight excluding hydrogens is 286 g/mol. The SMILES string of the molecule is CCCCCCCCCCc1ccc(N)c(S(=O)(=O)O)c1. The Morgan fingerprint density at radius 1 is 1.00 bits per heavy atom. The maximum Gasteiger partial charge on any atom is 0.296 e. The fraction of sp³-hybridized carbons (Fsp3) is 0.625. The number of nitrogen functional groups attached to an aromatic ring is 1. The van der Waals surface area contributed by atoms with Crippen molar-refractivity contribution in [1.29, 1.82) is 0 Å². The van der Waals surface area contributed by atoms with Crippen LogP contribution in [0.2, 0.25) is 0 Å². The van der Waals surface area contributed by atoms with Gasteiger partial charge >= 0.3 is 0 Å². The largest absolute Gasteiger partial charge is 0.398 e. The van der Waals surface area contributed by atoms with E-state index in [1.165, 1.54) is 44.6 Å². The molecule has 0 saturated heterocycles. The Morgan fingerprint density at radius 2 is 1.57 bits per heavy atom. The van der Waals surface area contributed by atoms with Crippen molar-refractivity contribution in [3.63, 3.8) is 0 Å². The van der Waals surface area contributed by atoms with Crippen LogP contribution in [0, 0.1) is 0 Å². The second-order valence-electron chi connectivity index (χ2n) is 5.57. The molecule has 0 spiro atoms. The smallest absolute Gasteiger partial charge is 0.296 e. The van der Waals surface area contributed by atoms with E-state index in [9.17, 15) is 8.42 Å². The van der Waals surface area contributed by atoms with Crippen molar-refractivity contribution in [2.75, 3.05) is 5.73 Å². The molecule has 1 aromatic rings. The van der Waals surface area contributed by atoms with Crippen LogP contribution in [0.5, 0.6) is 0 Å². The highest BCUT2D eigenvalue weighted by molar-refractivity contribution is 7.86. The topological polar surface area (TPSA) is 80.4 Å². The summed E-state index contributed by atoms with van der Waals surface area (Å²) in [5, 5.41) is 0. The number of anilines is 1. The third-order valence-corrected chi connectivity index (χ3v) is 4.58. The van der Waals surface area contributed by atoms with Crippen LogP contribution in [0.1, 0.15) is 63.9 Å². The molecule has 120 valence electrons. The zero-order valence-corrected chi connectivity index (χ0v) is 13.7. The van der Waals surface area contributed by atoms with Crippen molar-refractivity contribution in [2.24, 2.45) is 0 Å². The van der Waals surface area contributed by atoms with Gasteiger partial charge in [-0.05, 0) is 30.5 Å². The van der Waals surface area contributed by atoms with Crippen LogP contribution in [0.15, 0.2) is 23.1 Å². The molecule has 0 aliphatic heterocycles. The van der Waals surface area contributed by atoms with E-state index in [1.807, 2.05) is 6.07 Å². The Hall–Kier alpha value is -1.07. The van der Waals surface area contributed by atoms with Crippen molar-refractivity contribution in [3.8, 4) is 0 Å². The Kier molecular flexibility index (Phi) is 7.75. The zero-order chi connectivity index (χ0) is 15.7. The first-order valence-electron chi connectivity index (χ1n) is 7.81. The predicted molar refractivity (Wildman–Crippen MR) is 87.0 cm³/mol. The van der Waals surface area contributed by atoms with Crippen LogP contribution < -0.4 is 5.73 Å². The highest BCUT2D eigenvalue weighted by atomic mass is 32.2. The molecule has 1 rings (SSSR count). The summed E-state index contributed by atoms with van der Waals surface area (Å²) in [5.74, 6) is 0. The number of rotatable bonds is 10. The molecule has 0 atom stereocenters. The number of hydrogen-bond acceptors (Lipinski definition) is 3. The molecular formula is C16H27NO3S. The molecule has 0 aliphatic carbocycles. The second kappa shape index (κ2) is 9.05. The Labute approximate surface area is 128 Å². The summed E-state index contributed by atoms with van der Waals surface area (Å²) in [6.45, 7) is 2.22. The molecule has 0 aromatic heterocycles. The van der Waals surface area contributed by atoms with Gasteiger partial charge < -0.3 is 5.73 Å². The fourth-order valence-corrected chi connectivity index (χ4v) is 3.09. The molecule has 0 heterocycles. The van der Waals surface area contributed by atoms with E-state index in [4.69, 9.17) is 10.3 Å². The maximum absolute atomic E-state index is 11.2. The Bertz CT molecular complexity index is 526. The molecule has 0 fully saturated rings. The van der Waals surface area contributed by atoms with Gasteiger partial charge in [0.25, 0.3) is 10.1 Å². The lowest BCUT2D eigenvalue weighted by molar-refractivity contribution is 0.483. The normalized spacial score (nSPS) is 11.7. The van der Waals surface area contributed by atoms with Crippen molar-refractivity contribution >= 4 is 15.8 Å². The van der Waals surface area contributed by atoms with Gasteiger partial charge in [-0.25, -0.2) is 0 Å². The van der Waals surface area contributed by atoms with Gasteiger partial charge in [0.05, 0.1) is 5.69 Å². The molecule has 0 radical (unpaired) electrons. The first-order valence-corrected chi connectivity index (χ1v) is 9.25. The van der Waals surface area contributed by atoms with Crippen molar-refractivity contribution in [3.05, 3.63) is 23.8 Å². The van der Waals surface area contributed by atoms with E-state index < -0.39 is 10.1 Å². The summed E-state index contributed by atoms with van der Waals surface area (Å²) in [6.07, 6.45) is 10.7. The highest BCUT2D eigenvalue weighted by Crippen LogP contribution is 2.21. The van der Waals surface area contributed by atoms with Crippen LogP contribution in [-0.4, -0.2) is 13.0 Å². The average molecular weight is 313 g/mol. The van der Waals surface area contributed by atoms with E-state index in [1.54, 1.807) is 6.07 Å². The lowest BCUT2D eigenvalue weighted by Crippen LogP contribution is -2.04. The summed E-state index contributed by atoms with van der Waals surface area (Å²) in [5.41, 5.74) is 6.57. The van der Waals surface area contributed by atoms with E-state index >= 15 is 0 Å². The van der Waals surface area contributed by atoms with Crippen LogP contribution in [0.4, 0.5) is 5.69 Å². The van der Waals surface area contributed by atoms with Crippen LogP contribution in [0.25, 0.3) is 0 Å². The summed E-state index contributed by atoms with van der Waals surface area (Å²) in [6, 6.07) is 4.85. The van der Waals surface area contributed by atoms with Crippen LogP contribution in [0.3, 0.4) is 0 Å². The summed E-state index contributed by atoms with van der Waals surface area (Å²) in [7, 11) is -4.23. The zero-order valence-electron chi connectivity index (χ0n) is 12.8. The third kappa shape index (κ3) is 6.96. The van der Waals surface area contributed by atoms with Gasteiger partial charge in [-0.3, -0.25) is 4.55 Å². The van der Waals surface area contributed by atoms with E-state index in [-0.39, 0.29) is 10.6 Å². The lowest BCUT2D eigenvalue weighted by atomic mass is 10.0. The Morgan fingerprint density at radius 3 is 2.14 bits per heavy atom. The first-order chi connectivity index (χ1) is 9.95. The molecule has 0 amide bonds. The minimum Gasteiger partial charge on any atom is -0.398 e. The van der Waals surface area contributed by atoms with Gasteiger partial charge in [-0.1, -0.05) is 57.9 Å². The standard InChI is InChI=1S/C16H27NO3S/c1-2-3-4-5-6-7-8-9-10-14-11-12-15(17)16(13-14)21(18,19)20/h11-13H,2-10,17H2,1H3,(H,18,19,20). The van der Waals surface area contributed by atoms with Crippen molar-refractivity contribution in [1.82, 2.24) is 0 Å². The molecule has 3 N–H and O–H groups in total. The number of hydrogen-bond donors (Lipinski definition) is 2. The van der Waals surface area contributed by atoms with Crippen LogP contribution in [-0.2, 0) is 16.5 Å². The molecule has 4 nitrogen and oxygen atoms in total. The Balaban J connectivity index is 2.33.